The molecular weight excluding hydrogens is 312 g/mol. The average molecular weight is 331 g/mol. The van der Waals surface area contributed by atoms with Gasteiger partial charge in [-0.1, -0.05) is 11.6 Å². The average Bonchev–Trinajstić information content (AvgIpc) is 3.22. The van der Waals surface area contributed by atoms with Crippen LogP contribution >= 0.6 is 11.6 Å². The fourth-order valence-electron chi connectivity index (χ4n) is 4.65. The van der Waals surface area contributed by atoms with Gasteiger partial charge in [-0.3, -0.25) is 9.69 Å². The third-order valence-electron chi connectivity index (χ3n) is 5.97. The predicted molar refractivity (Wildman–Crippen MR) is 88.7 cm³/mol. The summed E-state index contributed by atoms with van der Waals surface area (Å²) in [6.45, 7) is 2.39. The van der Waals surface area contributed by atoms with E-state index in [0.29, 0.717) is 22.3 Å². The summed E-state index contributed by atoms with van der Waals surface area (Å²) in [6, 6.07) is 7.53. The van der Waals surface area contributed by atoms with Gasteiger partial charge in [-0.2, -0.15) is 0 Å². The molecule has 4 heterocycles. The van der Waals surface area contributed by atoms with E-state index in [2.05, 4.69) is 10.2 Å². The smallest absolute Gasteiger partial charge is 0.287 e. The van der Waals surface area contributed by atoms with Gasteiger partial charge in [0.2, 0.25) is 0 Å². The van der Waals surface area contributed by atoms with E-state index in [1.807, 2.05) is 18.2 Å². The number of rotatable bonds is 2. The number of furan rings is 1. The molecule has 23 heavy (non-hydrogen) atoms. The Morgan fingerprint density at radius 1 is 1.26 bits per heavy atom. The molecular formula is C18H19ClN2O2. The van der Waals surface area contributed by atoms with Gasteiger partial charge in [0.15, 0.2) is 5.76 Å². The molecule has 1 aromatic heterocycles. The summed E-state index contributed by atoms with van der Waals surface area (Å²) in [4.78, 5) is 15.3. The Hall–Kier alpha value is -1.52. The molecule has 1 spiro atoms. The molecule has 3 aliphatic heterocycles. The molecule has 4 aliphatic rings. The van der Waals surface area contributed by atoms with Crippen LogP contribution in [-0.2, 0) is 0 Å². The lowest BCUT2D eigenvalue weighted by molar-refractivity contribution is -0.00182. The zero-order chi connectivity index (χ0) is 15.6. The van der Waals surface area contributed by atoms with Crippen molar-refractivity contribution in [3.05, 3.63) is 35.0 Å². The highest BCUT2D eigenvalue weighted by atomic mass is 35.5. The quantitative estimate of drug-likeness (QED) is 0.917. The van der Waals surface area contributed by atoms with Gasteiger partial charge in [-0.25, -0.2) is 0 Å². The highest BCUT2D eigenvalue weighted by molar-refractivity contribution is 6.31. The second kappa shape index (κ2) is 4.74. The Labute approximate surface area is 139 Å². The summed E-state index contributed by atoms with van der Waals surface area (Å²) in [5.74, 6) is 0.905. The number of hydrogen-bond acceptors (Lipinski definition) is 3. The Balaban J connectivity index is 1.42. The van der Waals surface area contributed by atoms with E-state index in [9.17, 15) is 4.79 Å². The maximum Gasteiger partial charge on any atom is 0.287 e. The normalized spacial score (nSPS) is 30.7. The van der Waals surface area contributed by atoms with Crippen LogP contribution in [0.5, 0.6) is 0 Å². The number of carbonyl (C=O) groups excluding carboxylic acids is 1. The van der Waals surface area contributed by atoms with Crippen molar-refractivity contribution in [2.45, 2.75) is 37.3 Å². The molecule has 120 valence electrons. The molecule has 4 fully saturated rings. The topological polar surface area (TPSA) is 45.5 Å². The molecule has 2 bridgehead atoms. The molecule has 1 atom stereocenters. The van der Waals surface area contributed by atoms with Crippen LogP contribution in [0.4, 0.5) is 0 Å². The molecule has 0 radical (unpaired) electrons. The van der Waals surface area contributed by atoms with E-state index in [0.717, 1.165) is 5.39 Å². The molecule has 4 nitrogen and oxygen atoms in total. The van der Waals surface area contributed by atoms with Crippen LogP contribution in [0.1, 0.15) is 36.2 Å². The number of hydrogen-bond donors (Lipinski definition) is 1. The number of piperidine rings is 3. The fourth-order valence-corrected chi connectivity index (χ4v) is 4.81. The van der Waals surface area contributed by atoms with E-state index in [1.54, 1.807) is 6.07 Å². The maximum absolute atomic E-state index is 12.7. The first-order chi connectivity index (χ1) is 11.2. The predicted octanol–water partition coefficient (Wildman–Crippen LogP) is 3.44. The number of halogens is 1. The Kier molecular flexibility index (Phi) is 2.86. The summed E-state index contributed by atoms with van der Waals surface area (Å²) in [6.07, 6.45) is 4.82. The molecule has 1 amide bonds. The van der Waals surface area contributed by atoms with Gasteiger partial charge >= 0.3 is 0 Å². The highest BCUT2D eigenvalue weighted by Crippen LogP contribution is 2.53. The van der Waals surface area contributed by atoms with Crippen LogP contribution in [0.2, 0.25) is 5.02 Å². The van der Waals surface area contributed by atoms with Gasteiger partial charge < -0.3 is 9.73 Å². The molecule has 1 N–H and O–H groups in total. The van der Waals surface area contributed by atoms with Crippen molar-refractivity contribution in [3.63, 3.8) is 0 Å². The van der Waals surface area contributed by atoms with Crippen LogP contribution in [0, 0.1) is 5.92 Å². The van der Waals surface area contributed by atoms with Gasteiger partial charge in [0.1, 0.15) is 5.58 Å². The lowest BCUT2D eigenvalue weighted by Crippen LogP contribution is -2.65. The summed E-state index contributed by atoms with van der Waals surface area (Å²) < 4.78 is 5.71. The van der Waals surface area contributed by atoms with Crippen molar-refractivity contribution in [2.75, 3.05) is 13.1 Å². The van der Waals surface area contributed by atoms with E-state index in [1.165, 1.54) is 38.8 Å². The van der Waals surface area contributed by atoms with Crippen molar-refractivity contribution in [1.29, 1.82) is 0 Å². The standard InChI is InChI=1S/C18H19ClN2O2/c19-13-2-1-12-9-15(23-14(12)10-13)17(22)20-16-11-3-7-21(8-4-11)18(16)5-6-18/h1-2,9-11,16H,3-8H2,(H,20,22)/t16-/m0/s1. The zero-order valence-electron chi connectivity index (χ0n) is 12.8. The van der Waals surface area contributed by atoms with Crippen LogP contribution in [0.3, 0.4) is 0 Å². The summed E-state index contributed by atoms with van der Waals surface area (Å²) in [7, 11) is 0. The lowest BCUT2D eigenvalue weighted by atomic mass is 9.77. The Bertz CT molecular complexity index is 787. The third kappa shape index (κ3) is 2.05. The van der Waals surface area contributed by atoms with Gasteiger partial charge in [0, 0.05) is 22.0 Å². The molecule has 0 unspecified atom stereocenters. The molecule has 1 aromatic carbocycles. The monoisotopic (exact) mass is 330 g/mol. The number of nitrogens with zero attached hydrogens (tertiary/aromatic N) is 1. The summed E-state index contributed by atoms with van der Waals surface area (Å²) in [5.41, 5.74) is 0.907. The fraction of sp³-hybridized carbons (Fsp3) is 0.500. The molecule has 1 saturated carbocycles. The second-order valence-corrected chi connectivity index (χ2v) is 7.61. The van der Waals surface area contributed by atoms with Gasteiger partial charge in [-0.05, 0) is 62.9 Å². The molecule has 5 heteroatoms. The zero-order valence-corrected chi connectivity index (χ0v) is 13.6. The van der Waals surface area contributed by atoms with Crippen molar-refractivity contribution in [1.82, 2.24) is 10.2 Å². The van der Waals surface area contributed by atoms with Gasteiger partial charge in [0.25, 0.3) is 5.91 Å². The molecule has 3 saturated heterocycles. The van der Waals surface area contributed by atoms with Crippen molar-refractivity contribution >= 4 is 28.5 Å². The Morgan fingerprint density at radius 3 is 2.78 bits per heavy atom. The second-order valence-electron chi connectivity index (χ2n) is 7.17. The first-order valence-corrected chi connectivity index (χ1v) is 8.79. The van der Waals surface area contributed by atoms with E-state index >= 15 is 0 Å². The number of amides is 1. The van der Waals surface area contributed by atoms with Crippen LogP contribution in [0.15, 0.2) is 28.7 Å². The minimum Gasteiger partial charge on any atom is -0.451 e. The van der Waals surface area contributed by atoms with Crippen molar-refractivity contribution in [3.8, 4) is 0 Å². The Morgan fingerprint density at radius 2 is 2.04 bits per heavy atom. The number of carbonyl (C=O) groups is 1. The highest BCUT2D eigenvalue weighted by Gasteiger charge is 2.60. The van der Waals surface area contributed by atoms with Crippen molar-refractivity contribution < 1.29 is 9.21 Å². The largest absolute Gasteiger partial charge is 0.451 e. The first kappa shape index (κ1) is 13.9. The van der Waals surface area contributed by atoms with Crippen LogP contribution < -0.4 is 5.32 Å². The number of fused-ring (bicyclic) bond motifs is 3. The maximum atomic E-state index is 12.7. The first-order valence-electron chi connectivity index (χ1n) is 8.41. The van der Waals surface area contributed by atoms with Gasteiger partial charge in [0.05, 0.1) is 6.04 Å². The van der Waals surface area contributed by atoms with E-state index in [-0.39, 0.29) is 17.5 Å². The lowest BCUT2D eigenvalue weighted by Gasteiger charge is -2.52. The van der Waals surface area contributed by atoms with Crippen molar-refractivity contribution in [2.24, 2.45) is 5.92 Å². The van der Waals surface area contributed by atoms with E-state index in [4.69, 9.17) is 16.0 Å². The minimum absolute atomic E-state index is 0.0950. The third-order valence-corrected chi connectivity index (χ3v) is 6.21. The summed E-state index contributed by atoms with van der Waals surface area (Å²) in [5, 5.41) is 4.82. The minimum atomic E-state index is -0.0950. The SMILES string of the molecule is O=C(N[C@H]1C2CCN(CC2)C12CC2)c1cc2ccc(Cl)cc2o1. The van der Waals surface area contributed by atoms with Gasteiger partial charge in [-0.15, -0.1) is 0 Å². The van der Waals surface area contributed by atoms with Crippen LogP contribution in [0.25, 0.3) is 11.0 Å². The molecule has 2 aromatic rings. The number of benzene rings is 1. The van der Waals surface area contributed by atoms with E-state index < -0.39 is 0 Å². The summed E-state index contributed by atoms with van der Waals surface area (Å²) >= 11 is 5.99. The van der Waals surface area contributed by atoms with Crippen LogP contribution in [-0.4, -0.2) is 35.5 Å². The molecule has 1 aliphatic carbocycles. The molecule has 6 rings (SSSR count). The number of nitrogens with one attached hydrogen (secondary N) is 1.